The second kappa shape index (κ2) is 20.3. The molecule has 1 saturated heterocycles. The number of aromatic nitrogens is 8. The topological polar surface area (TPSA) is 123 Å². The standard InChI is InChI=1S/C15H10F6N4O.C14H18BF4NO3.C7H4BrF2N3.2CH4/c1-7(15(19,20)21)26-14-10(16)4-9(5-22-14)8-2-3-11-23-24-13(12(17)18)25(11)6-8;1-8(14(17,18)19)21-11-10(16)6-9(7-20-11)15-22-12(2,3)13(4,5)23-15;8-4-1-2-5-11-12-7(6(9)10)13(5)3-4;;/h2-7,12H,1H3;6-8H,1-5H3;1-3,6H;2*1H4/t7-;8-;;;/m00.../s1. The Morgan fingerprint density at radius 3 is 1.52 bits per heavy atom. The van der Waals surface area contributed by atoms with Crippen molar-refractivity contribution in [2.45, 2.75) is 105 Å². The molecule has 350 valence electrons. The molecule has 7 rings (SSSR count). The third kappa shape index (κ3) is 12.3. The number of hydrogen-bond acceptors (Lipinski definition) is 10. The Kier molecular flexibility index (Phi) is 16.8. The van der Waals surface area contributed by atoms with Crippen molar-refractivity contribution in [2.75, 3.05) is 0 Å². The molecule has 0 spiro atoms. The van der Waals surface area contributed by atoms with Crippen molar-refractivity contribution in [3.63, 3.8) is 0 Å². The van der Waals surface area contributed by atoms with Gasteiger partial charge in [-0.2, -0.15) is 26.3 Å². The number of ether oxygens (including phenoxy) is 2. The van der Waals surface area contributed by atoms with Crippen LogP contribution in [0, 0.1) is 11.6 Å². The van der Waals surface area contributed by atoms with Crippen molar-refractivity contribution >= 4 is 39.8 Å². The lowest BCUT2D eigenvalue weighted by molar-refractivity contribution is -0.190. The number of pyridine rings is 4. The molecule has 0 aromatic carbocycles. The van der Waals surface area contributed by atoms with Crippen LogP contribution in [0.5, 0.6) is 11.8 Å². The van der Waals surface area contributed by atoms with E-state index in [9.17, 15) is 52.7 Å². The van der Waals surface area contributed by atoms with Crippen LogP contribution >= 0.6 is 15.9 Å². The van der Waals surface area contributed by atoms with Crippen LogP contribution in [0.1, 0.15) is 80.9 Å². The van der Waals surface area contributed by atoms with Crippen LogP contribution < -0.4 is 14.9 Å². The second-order valence-electron chi connectivity index (χ2n) is 14.2. The molecule has 1 aliphatic heterocycles. The zero-order valence-electron chi connectivity index (χ0n) is 32.8. The third-order valence-electron chi connectivity index (χ3n) is 9.21. The minimum absolute atomic E-state index is 0. The number of fused-ring (bicyclic) bond motifs is 2. The van der Waals surface area contributed by atoms with E-state index in [4.69, 9.17) is 9.31 Å². The average molecular weight is 991 g/mol. The summed E-state index contributed by atoms with van der Waals surface area (Å²) in [5.41, 5.74) is 0.0665. The van der Waals surface area contributed by atoms with E-state index < -0.39 is 85.0 Å². The average Bonchev–Trinajstić information content (AvgIpc) is 3.85. The largest absolute Gasteiger partial charge is 0.496 e. The lowest BCUT2D eigenvalue weighted by Crippen LogP contribution is -2.41. The van der Waals surface area contributed by atoms with Crippen molar-refractivity contribution in [3.8, 4) is 22.9 Å². The van der Waals surface area contributed by atoms with Crippen molar-refractivity contribution in [1.29, 1.82) is 0 Å². The molecule has 12 nitrogen and oxygen atoms in total. The van der Waals surface area contributed by atoms with Crippen LogP contribution in [0.15, 0.2) is 65.7 Å². The molecule has 2 atom stereocenters. The van der Waals surface area contributed by atoms with Gasteiger partial charge >= 0.3 is 19.5 Å². The molecular weight excluding hydrogens is 951 g/mol. The molecule has 6 aromatic rings. The first-order chi connectivity index (χ1) is 28.7. The van der Waals surface area contributed by atoms with Gasteiger partial charge < -0.3 is 18.8 Å². The summed E-state index contributed by atoms with van der Waals surface area (Å²) in [5.74, 6) is -4.57. The van der Waals surface area contributed by atoms with Crippen LogP contribution in [0.3, 0.4) is 0 Å². The molecule has 0 amide bonds. The van der Waals surface area contributed by atoms with Gasteiger partial charge in [0, 0.05) is 45.8 Å². The first-order valence-electron chi connectivity index (χ1n) is 17.7. The van der Waals surface area contributed by atoms with Gasteiger partial charge in [-0.25, -0.2) is 36.3 Å². The fraction of sp³-hybridized carbons (Fsp3) is 0.421. The van der Waals surface area contributed by atoms with E-state index >= 15 is 0 Å². The highest BCUT2D eigenvalue weighted by molar-refractivity contribution is 9.10. The van der Waals surface area contributed by atoms with E-state index in [1.807, 2.05) is 27.7 Å². The van der Waals surface area contributed by atoms with Crippen molar-refractivity contribution in [1.82, 2.24) is 39.2 Å². The Morgan fingerprint density at radius 1 is 0.641 bits per heavy atom. The van der Waals surface area contributed by atoms with E-state index in [0.29, 0.717) is 15.7 Å². The highest BCUT2D eigenvalue weighted by Gasteiger charge is 2.52. The summed E-state index contributed by atoms with van der Waals surface area (Å²) < 4.78 is 177. The predicted molar refractivity (Wildman–Crippen MR) is 212 cm³/mol. The van der Waals surface area contributed by atoms with Gasteiger partial charge in [0.2, 0.25) is 11.6 Å². The van der Waals surface area contributed by atoms with Gasteiger partial charge in [-0.1, -0.05) is 14.9 Å². The summed E-state index contributed by atoms with van der Waals surface area (Å²) >= 11 is 3.18. The van der Waals surface area contributed by atoms with Gasteiger partial charge in [0.1, 0.15) is 0 Å². The number of alkyl halides is 10. The van der Waals surface area contributed by atoms with Gasteiger partial charge in [-0.3, -0.25) is 8.80 Å². The fourth-order valence-electron chi connectivity index (χ4n) is 5.03. The molecule has 0 N–H and O–H groups in total. The summed E-state index contributed by atoms with van der Waals surface area (Å²) in [6.45, 7) is 8.83. The minimum atomic E-state index is -4.67. The van der Waals surface area contributed by atoms with Gasteiger partial charge in [-0.05, 0) is 93.9 Å². The maximum absolute atomic E-state index is 14.0. The zero-order valence-corrected chi connectivity index (χ0v) is 34.4. The highest BCUT2D eigenvalue weighted by Crippen LogP contribution is 2.37. The van der Waals surface area contributed by atoms with Crippen LogP contribution in [0.25, 0.3) is 22.4 Å². The lowest BCUT2D eigenvalue weighted by Gasteiger charge is -2.32. The summed E-state index contributed by atoms with van der Waals surface area (Å²) in [7, 11) is -0.851. The van der Waals surface area contributed by atoms with Gasteiger partial charge in [0.05, 0.1) is 11.2 Å². The molecule has 1 fully saturated rings. The lowest BCUT2D eigenvalue weighted by atomic mass is 9.80. The van der Waals surface area contributed by atoms with E-state index in [0.717, 1.165) is 36.6 Å². The Labute approximate surface area is 366 Å². The van der Waals surface area contributed by atoms with E-state index in [1.54, 1.807) is 12.1 Å². The Morgan fingerprint density at radius 2 is 1.08 bits per heavy atom. The molecule has 26 heteroatoms. The number of rotatable bonds is 8. The van der Waals surface area contributed by atoms with Crippen LogP contribution in [0.4, 0.5) is 52.7 Å². The highest BCUT2D eigenvalue weighted by atomic mass is 79.9. The fourth-order valence-corrected chi connectivity index (χ4v) is 5.37. The third-order valence-corrected chi connectivity index (χ3v) is 9.67. The molecule has 64 heavy (non-hydrogen) atoms. The normalized spacial score (nSPS) is 15.4. The van der Waals surface area contributed by atoms with E-state index in [1.165, 1.54) is 35.1 Å². The van der Waals surface area contributed by atoms with Gasteiger partial charge in [0.15, 0.2) is 35.1 Å². The Balaban J connectivity index is 0.000000263. The first kappa shape index (κ1) is 53.1. The van der Waals surface area contributed by atoms with E-state index in [2.05, 4.69) is 55.8 Å². The second-order valence-corrected chi connectivity index (χ2v) is 15.1. The van der Waals surface area contributed by atoms with Crippen LogP contribution in [0.2, 0.25) is 0 Å². The number of nitrogens with zero attached hydrogens (tertiary/aromatic N) is 8. The van der Waals surface area contributed by atoms with Crippen LogP contribution in [-0.2, 0) is 9.31 Å². The van der Waals surface area contributed by atoms with E-state index in [-0.39, 0.29) is 37.4 Å². The van der Waals surface area contributed by atoms with Gasteiger partial charge in [-0.15, -0.1) is 20.4 Å². The smallest absolute Gasteiger partial charge is 0.463 e. The maximum atomic E-state index is 14.0. The number of halogens is 13. The zero-order chi connectivity index (χ0) is 46.1. The molecule has 7 heterocycles. The van der Waals surface area contributed by atoms with Crippen LogP contribution in [-0.4, -0.2) is 82.0 Å². The molecule has 1 aliphatic rings. The Bertz CT molecular complexity index is 2490. The summed E-state index contributed by atoms with van der Waals surface area (Å²) in [6.07, 6.45) is -14.1. The first-order valence-corrected chi connectivity index (χ1v) is 18.5. The maximum Gasteiger partial charge on any atom is 0.496 e. The molecule has 0 aliphatic carbocycles. The SMILES string of the molecule is C.C.C[C@H](Oc1ncc(-c2ccc3nnc(C(F)F)n3c2)cc1F)C(F)(F)F.C[C@H](Oc1ncc(B2OC(C)(C)C(C)(C)O2)cc1F)C(F)(F)F.FC(F)c1nnc2ccc(Br)cn12. The molecule has 6 aromatic heterocycles. The summed E-state index contributed by atoms with van der Waals surface area (Å²) in [6, 6.07) is 8.10. The number of hydrogen-bond donors (Lipinski definition) is 0. The minimum Gasteiger partial charge on any atom is -0.463 e. The molecule has 0 saturated carbocycles. The predicted octanol–water partition coefficient (Wildman–Crippen LogP) is 10.7. The quantitative estimate of drug-likeness (QED) is 0.108. The van der Waals surface area contributed by atoms with Crippen molar-refractivity contribution in [2.24, 2.45) is 0 Å². The Hall–Kier alpha value is -5.24. The molecular formula is C38H40BBrF12N8O4. The van der Waals surface area contributed by atoms with Crippen molar-refractivity contribution < 1.29 is 71.5 Å². The molecule has 0 unspecified atom stereocenters. The molecule has 0 bridgehead atoms. The van der Waals surface area contributed by atoms with Gasteiger partial charge in [0.25, 0.3) is 24.6 Å². The monoisotopic (exact) mass is 990 g/mol. The summed E-state index contributed by atoms with van der Waals surface area (Å²) in [5, 5.41) is 13.9. The van der Waals surface area contributed by atoms with Crippen molar-refractivity contribution in [3.05, 3.63) is 88.9 Å². The molecule has 0 radical (unpaired) electrons. The summed E-state index contributed by atoms with van der Waals surface area (Å²) in [4.78, 5) is 7.16.